The number of hydrogen-bond acceptors (Lipinski definition) is 3. The van der Waals surface area contributed by atoms with E-state index in [1.807, 2.05) is 6.07 Å². The van der Waals surface area contributed by atoms with Gasteiger partial charge in [-0.1, -0.05) is 6.07 Å². The zero-order valence-electron chi connectivity index (χ0n) is 8.25. The molecule has 0 aromatic heterocycles. The van der Waals surface area contributed by atoms with Crippen LogP contribution in [0.1, 0.15) is 11.1 Å². The highest BCUT2D eigenvalue weighted by atomic mass is 16.5. The Labute approximate surface area is 83.3 Å². The molecule has 0 bridgehead atoms. The minimum absolute atomic E-state index is 0.169. The predicted molar refractivity (Wildman–Crippen MR) is 53.0 cm³/mol. The first-order valence-electron chi connectivity index (χ1n) is 4.78. The fourth-order valence-electron chi connectivity index (χ4n) is 1.76. The first kappa shape index (κ1) is 9.34. The van der Waals surface area contributed by atoms with Crippen molar-refractivity contribution in [1.29, 1.82) is 0 Å². The number of fused-ring (bicyclic) bond motifs is 1. The van der Waals surface area contributed by atoms with Gasteiger partial charge in [0.15, 0.2) is 11.5 Å². The minimum atomic E-state index is 0.169. The summed E-state index contributed by atoms with van der Waals surface area (Å²) in [5.41, 5.74) is 2.29. The van der Waals surface area contributed by atoms with Crippen LogP contribution < -0.4 is 9.47 Å². The quantitative estimate of drug-likeness (QED) is 0.784. The van der Waals surface area contributed by atoms with Crippen LogP contribution in [0.4, 0.5) is 0 Å². The first-order valence-corrected chi connectivity index (χ1v) is 4.78. The molecule has 1 aromatic rings. The maximum absolute atomic E-state index is 8.86. The van der Waals surface area contributed by atoms with E-state index in [-0.39, 0.29) is 6.61 Å². The molecular weight excluding hydrogens is 180 g/mol. The molecule has 1 aliphatic rings. The van der Waals surface area contributed by atoms with Gasteiger partial charge < -0.3 is 14.6 Å². The average molecular weight is 194 g/mol. The van der Waals surface area contributed by atoms with Gasteiger partial charge >= 0.3 is 0 Å². The largest absolute Gasteiger partial charge is 0.493 e. The van der Waals surface area contributed by atoms with E-state index in [1.54, 1.807) is 7.11 Å². The molecule has 3 nitrogen and oxygen atoms in total. The lowest BCUT2D eigenvalue weighted by Crippen LogP contribution is -1.94. The van der Waals surface area contributed by atoms with E-state index in [9.17, 15) is 0 Å². The Bertz CT molecular complexity index is 334. The number of ether oxygens (including phenoxy) is 2. The van der Waals surface area contributed by atoms with Crippen molar-refractivity contribution < 1.29 is 14.6 Å². The number of aliphatic hydroxyl groups excluding tert-OH is 1. The number of benzene rings is 1. The molecule has 1 aromatic carbocycles. The number of hydrogen-bond donors (Lipinski definition) is 1. The van der Waals surface area contributed by atoms with E-state index < -0.39 is 0 Å². The lowest BCUT2D eigenvalue weighted by Gasteiger charge is -2.08. The van der Waals surface area contributed by atoms with Crippen molar-refractivity contribution in [3.8, 4) is 11.5 Å². The first-order chi connectivity index (χ1) is 6.85. The minimum Gasteiger partial charge on any atom is -0.493 e. The van der Waals surface area contributed by atoms with Gasteiger partial charge in [-0.05, 0) is 18.1 Å². The normalized spacial score (nSPS) is 13.6. The average Bonchev–Trinajstić information content (AvgIpc) is 2.65. The maximum Gasteiger partial charge on any atom is 0.164 e. The van der Waals surface area contributed by atoms with Crippen LogP contribution in [0.5, 0.6) is 11.5 Å². The Morgan fingerprint density at radius 1 is 1.50 bits per heavy atom. The Kier molecular flexibility index (Phi) is 2.59. The van der Waals surface area contributed by atoms with Crippen LogP contribution >= 0.6 is 0 Å². The third-order valence-electron chi connectivity index (χ3n) is 2.43. The van der Waals surface area contributed by atoms with Crippen molar-refractivity contribution in [2.45, 2.75) is 12.8 Å². The van der Waals surface area contributed by atoms with Crippen LogP contribution in [0.3, 0.4) is 0 Å². The molecule has 1 aliphatic heterocycles. The SMILES string of the molecule is COc1cc(CCO)cc2c1OCC2. The summed E-state index contributed by atoms with van der Waals surface area (Å²) < 4.78 is 10.7. The van der Waals surface area contributed by atoms with Gasteiger partial charge in [-0.3, -0.25) is 0 Å². The highest BCUT2D eigenvalue weighted by molar-refractivity contribution is 5.51. The Morgan fingerprint density at radius 2 is 2.36 bits per heavy atom. The summed E-state index contributed by atoms with van der Waals surface area (Å²) in [6, 6.07) is 4.02. The van der Waals surface area contributed by atoms with E-state index in [2.05, 4.69) is 6.07 Å². The van der Waals surface area contributed by atoms with Gasteiger partial charge in [0.25, 0.3) is 0 Å². The molecule has 0 saturated heterocycles. The molecule has 76 valence electrons. The van der Waals surface area contributed by atoms with Crippen molar-refractivity contribution in [2.24, 2.45) is 0 Å². The zero-order chi connectivity index (χ0) is 9.97. The van der Waals surface area contributed by atoms with E-state index in [0.717, 1.165) is 30.1 Å². The number of rotatable bonds is 3. The van der Waals surface area contributed by atoms with Crippen molar-refractivity contribution in [2.75, 3.05) is 20.3 Å². The molecular formula is C11H14O3. The maximum atomic E-state index is 8.86. The number of methoxy groups -OCH3 is 1. The Balaban J connectivity index is 2.39. The molecule has 0 atom stereocenters. The molecule has 0 spiro atoms. The second-order valence-electron chi connectivity index (χ2n) is 3.36. The molecule has 0 radical (unpaired) electrons. The van der Waals surface area contributed by atoms with Crippen LogP contribution in [-0.4, -0.2) is 25.4 Å². The van der Waals surface area contributed by atoms with Crippen molar-refractivity contribution in [1.82, 2.24) is 0 Å². The third kappa shape index (κ3) is 1.55. The van der Waals surface area contributed by atoms with Gasteiger partial charge in [-0.25, -0.2) is 0 Å². The zero-order valence-corrected chi connectivity index (χ0v) is 8.25. The summed E-state index contributed by atoms with van der Waals surface area (Å²) in [7, 11) is 1.64. The van der Waals surface area contributed by atoms with E-state index in [0.29, 0.717) is 6.42 Å². The Hall–Kier alpha value is -1.22. The summed E-state index contributed by atoms with van der Waals surface area (Å²) in [5, 5.41) is 8.86. The standard InChI is InChI=1S/C11H14O3/c1-13-10-7-8(2-4-12)6-9-3-5-14-11(9)10/h6-7,12H,2-5H2,1H3. The van der Waals surface area contributed by atoms with Crippen molar-refractivity contribution in [3.63, 3.8) is 0 Å². The molecule has 2 rings (SSSR count). The highest BCUT2D eigenvalue weighted by Crippen LogP contribution is 2.36. The van der Waals surface area contributed by atoms with Gasteiger partial charge in [0.2, 0.25) is 0 Å². The molecule has 0 saturated carbocycles. The van der Waals surface area contributed by atoms with Crippen LogP contribution in [0.2, 0.25) is 0 Å². The van der Waals surface area contributed by atoms with E-state index in [1.165, 1.54) is 5.56 Å². The highest BCUT2D eigenvalue weighted by Gasteiger charge is 2.18. The fourth-order valence-corrected chi connectivity index (χ4v) is 1.76. The molecule has 0 fully saturated rings. The topological polar surface area (TPSA) is 38.7 Å². The summed E-state index contributed by atoms with van der Waals surface area (Å²) in [6.07, 6.45) is 1.61. The van der Waals surface area contributed by atoms with Gasteiger partial charge in [0.05, 0.1) is 13.7 Å². The summed E-state index contributed by atoms with van der Waals surface area (Å²) in [6.45, 7) is 0.900. The lowest BCUT2D eigenvalue weighted by molar-refractivity contribution is 0.299. The smallest absolute Gasteiger partial charge is 0.164 e. The lowest BCUT2D eigenvalue weighted by atomic mass is 10.1. The van der Waals surface area contributed by atoms with E-state index in [4.69, 9.17) is 14.6 Å². The van der Waals surface area contributed by atoms with Gasteiger partial charge in [-0.15, -0.1) is 0 Å². The molecule has 14 heavy (non-hydrogen) atoms. The van der Waals surface area contributed by atoms with Crippen LogP contribution in [0, 0.1) is 0 Å². The third-order valence-corrected chi connectivity index (χ3v) is 2.43. The van der Waals surface area contributed by atoms with Crippen molar-refractivity contribution >= 4 is 0 Å². The summed E-state index contributed by atoms with van der Waals surface area (Å²) >= 11 is 0. The Morgan fingerprint density at radius 3 is 3.07 bits per heavy atom. The van der Waals surface area contributed by atoms with Crippen molar-refractivity contribution in [3.05, 3.63) is 23.3 Å². The molecule has 0 unspecified atom stereocenters. The predicted octanol–water partition coefficient (Wildman–Crippen LogP) is 1.16. The molecule has 0 aliphatic carbocycles. The fraction of sp³-hybridized carbons (Fsp3) is 0.455. The van der Waals surface area contributed by atoms with Gasteiger partial charge in [0.1, 0.15) is 0 Å². The summed E-state index contributed by atoms with van der Waals surface area (Å²) in [5.74, 6) is 1.65. The van der Waals surface area contributed by atoms with Gasteiger partial charge in [-0.2, -0.15) is 0 Å². The summed E-state index contributed by atoms with van der Waals surface area (Å²) in [4.78, 5) is 0. The van der Waals surface area contributed by atoms with E-state index >= 15 is 0 Å². The van der Waals surface area contributed by atoms with Crippen LogP contribution in [-0.2, 0) is 12.8 Å². The molecule has 0 amide bonds. The molecule has 1 heterocycles. The molecule has 1 N–H and O–H groups in total. The van der Waals surface area contributed by atoms with Crippen LogP contribution in [0.15, 0.2) is 12.1 Å². The second-order valence-corrected chi connectivity index (χ2v) is 3.36. The van der Waals surface area contributed by atoms with Crippen LogP contribution in [0.25, 0.3) is 0 Å². The second kappa shape index (κ2) is 3.88. The van der Waals surface area contributed by atoms with Gasteiger partial charge in [0, 0.05) is 18.6 Å². The number of aliphatic hydroxyl groups is 1. The molecule has 3 heteroatoms. The monoisotopic (exact) mass is 194 g/mol.